The maximum absolute atomic E-state index is 11.9. The lowest BCUT2D eigenvalue weighted by Gasteiger charge is -2.07. The minimum Gasteiger partial charge on any atom is -0.426 e. The number of rotatable bonds is 2. The third-order valence-corrected chi connectivity index (χ3v) is 3.36. The van der Waals surface area contributed by atoms with Gasteiger partial charge in [0.05, 0.1) is 5.92 Å². The Labute approximate surface area is 110 Å². The second kappa shape index (κ2) is 4.46. The molecule has 2 nitrogen and oxygen atoms in total. The number of ether oxygens (including phenoxy) is 1. The predicted octanol–water partition coefficient (Wildman–Crippen LogP) is 3.59. The molecule has 1 heterocycles. The average molecular weight is 259 g/mol. The van der Waals surface area contributed by atoms with Gasteiger partial charge in [-0.15, -0.1) is 0 Å². The lowest BCUT2D eigenvalue weighted by atomic mass is 9.93. The van der Waals surface area contributed by atoms with Crippen molar-refractivity contribution in [3.8, 4) is 5.75 Å². The molecule has 0 amide bonds. The van der Waals surface area contributed by atoms with Crippen LogP contribution in [-0.2, 0) is 11.2 Å². The molecule has 0 aromatic heterocycles. The molecule has 3 rings (SSSR count). The van der Waals surface area contributed by atoms with E-state index in [4.69, 9.17) is 16.3 Å². The second-order valence-corrected chi connectivity index (χ2v) is 4.78. The Morgan fingerprint density at radius 2 is 1.89 bits per heavy atom. The predicted molar refractivity (Wildman–Crippen MR) is 70.0 cm³/mol. The summed E-state index contributed by atoms with van der Waals surface area (Å²) in [5.74, 6) is 0.183. The monoisotopic (exact) mass is 258 g/mol. The Hall–Kier alpha value is -1.80. The van der Waals surface area contributed by atoms with Crippen molar-refractivity contribution in [2.24, 2.45) is 0 Å². The molecule has 0 saturated heterocycles. The van der Waals surface area contributed by atoms with Gasteiger partial charge in [0.2, 0.25) is 0 Å². The van der Waals surface area contributed by atoms with Gasteiger partial charge in [-0.3, -0.25) is 4.79 Å². The van der Waals surface area contributed by atoms with Crippen LogP contribution in [0.4, 0.5) is 0 Å². The third-order valence-electron chi connectivity index (χ3n) is 3.12. The Kier molecular flexibility index (Phi) is 2.80. The first-order chi connectivity index (χ1) is 8.74. The number of hydrogen-bond donors (Lipinski definition) is 0. The Balaban J connectivity index is 1.94. The van der Waals surface area contributed by atoms with Gasteiger partial charge >= 0.3 is 5.97 Å². The van der Waals surface area contributed by atoms with Crippen LogP contribution < -0.4 is 4.74 Å². The standard InChI is InChI=1S/C15H11ClO2/c16-11-6-7-14-12(9-11)13(15(17)18-14)8-10-4-2-1-3-5-10/h1-7,9,13H,8H2. The molecule has 1 atom stereocenters. The summed E-state index contributed by atoms with van der Waals surface area (Å²) < 4.78 is 5.25. The smallest absolute Gasteiger partial charge is 0.319 e. The molecule has 0 saturated carbocycles. The van der Waals surface area contributed by atoms with Crippen LogP contribution >= 0.6 is 11.6 Å². The molecule has 0 aliphatic carbocycles. The van der Waals surface area contributed by atoms with Crippen molar-refractivity contribution in [2.75, 3.05) is 0 Å². The van der Waals surface area contributed by atoms with Crippen LogP contribution in [0.3, 0.4) is 0 Å². The number of halogens is 1. The van der Waals surface area contributed by atoms with Gasteiger partial charge in [-0.25, -0.2) is 0 Å². The maximum Gasteiger partial charge on any atom is 0.319 e. The highest BCUT2D eigenvalue weighted by Gasteiger charge is 2.33. The van der Waals surface area contributed by atoms with E-state index < -0.39 is 0 Å². The summed E-state index contributed by atoms with van der Waals surface area (Å²) in [6.45, 7) is 0. The quantitative estimate of drug-likeness (QED) is 0.608. The van der Waals surface area contributed by atoms with E-state index in [0.717, 1.165) is 11.1 Å². The third kappa shape index (κ3) is 2.00. The van der Waals surface area contributed by atoms with Gasteiger partial charge in [0.25, 0.3) is 0 Å². The molecular formula is C15H11ClO2. The van der Waals surface area contributed by atoms with E-state index in [1.54, 1.807) is 12.1 Å². The fraction of sp³-hybridized carbons (Fsp3) is 0.133. The molecule has 1 unspecified atom stereocenters. The molecular weight excluding hydrogens is 248 g/mol. The van der Waals surface area contributed by atoms with Crippen molar-refractivity contribution in [3.05, 3.63) is 64.7 Å². The zero-order chi connectivity index (χ0) is 12.5. The van der Waals surface area contributed by atoms with Gasteiger partial charge in [0, 0.05) is 10.6 Å². The van der Waals surface area contributed by atoms with Gasteiger partial charge in [-0.2, -0.15) is 0 Å². The molecule has 0 radical (unpaired) electrons. The van der Waals surface area contributed by atoms with Crippen molar-refractivity contribution in [1.82, 2.24) is 0 Å². The van der Waals surface area contributed by atoms with Crippen molar-refractivity contribution >= 4 is 17.6 Å². The van der Waals surface area contributed by atoms with E-state index in [2.05, 4.69) is 0 Å². The van der Waals surface area contributed by atoms with Crippen molar-refractivity contribution in [1.29, 1.82) is 0 Å². The van der Waals surface area contributed by atoms with Crippen molar-refractivity contribution in [2.45, 2.75) is 12.3 Å². The molecule has 0 bridgehead atoms. The lowest BCUT2D eigenvalue weighted by molar-refractivity contribution is -0.134. The summed E-state index contributed by atoms with van der Waals surface area (Å²) in [5.41, 5.74) is 2.00. The van der Waals surface area contributed by atoms with Crippen LogP contribution in [0, 0.1) is 0 Å². The summed E-state index contributed by atoms with van der Waals surface area (Å²) in [7, 11) is 0. The van der Waals surface area contributed by atoms with Crippen LogP contribution in [0.5, 0.6) is 5.75 Å². The summed E-state index contributed by atoms with van der Waals surface area (Å²) in [5, 5.41) is 0.630. The highest BCUT2D eigenvalue weighted by atomic mass is 35.5. The number of carbonyl (C=O) groups excluding carboxylic acids is 1. The molecule has 0 N–H and O–H groups in total. The van der Waals surface area contributed by atoms with Crippen LogP contribution in [0.25, 0.3) is 0 Å². The molecule has 3 heteroatoms. The summed E-state index contributed by atoms with van der Waals surface area (Å²) >= 11 is 5.97. The highest BCUT2D eigenvalue weighted by Crippen LogP contribution is 2.38. The minimum absolute atomic E-state index is 0.198. The largest absolute Gasteiger partial charge is 0.426 e. The fourth-order valence-electron chi connectivity index (χ4n) is 2.23. The van der Waals surface area contributed by atoms with Crippen LogP contribution in [-0.4, -0.2) is 5.97 Å². The fourth-order valence-corrected chi connectivity index (χ4v) is 2.41. The molecule has 90 valence electrons. The molecule has 0 spiro atoms. The summed E-state index contributed by atoms with van der Waals surface area (Å²) in [4.78, 5) is 11.9. The minimum atomic E-state index is -0.249. The van der Waals surface area contributed by atoms with Gasteiger partial charge in [0.15, 0.2) is 0 Å². The van der Waals surface area contributed by atoms with E-state index in [9.17, 15) is 4.79 Å². The Bertz CT molecular complexity index is 593. The summed E-state index contributed by atoms with van der Waals surface area (Å²) in [6.07, 6.45) is 0.646. The van der Waals surface area contributed by atoms with E-state index in [0.29, 0.717) is 17.2 Å². The van der Waals surface area contributed by atoms with E-state index in [-0.39, 0.29) is 11.9 Å². The molecule has 2 aromatic rings. The molecule has 1 aliphatic rings. The van der Waals surface area contributed by atoms with Crippen LogP contribution in [0.1, 0.15) is 17.0 Å². The average Bonchev–Trinajstić information content (AvgIpc) is 2.67. The van der Waals surface area contributed by atoms with Crippen LogP contribution in [0.2, 0.25) is 5.02 Å². The Morgan fingerprint density at radius 3 is 2.67 bits per heavy atom. The second-order valence-electron chi connectivity index (χ2n) is 4.35. The maximum atomic E-state index is 11.9. The number of carbonyl (C=O) groups is 1. The van der Waals surface area contributed by atoms with E-state index in [1.165, 1.54) is 0 Å². The van der Waals surface area contributed by atoms with E-state index in [1.807, 2.05) is 36.4 Å². The zero-order valence-electron chi connectivity index (χ0n) is 9.60. The first kappa shape index (κ1) is 11.3. The SMILES string of the molecule is O=C1Oc2ccc(Cl)cc2C1Cc1ccccc1. The van der Waals surface area contributed by atoms with Gasteiger partial charge < -0.3 is 4.74 Å². The number of hydrogen-bond acceptors (Lipinski definition) is 2. The van der Waals surface area contributed by atoms with Gasteiger partial charge in [-0.05, 0) is 30.2 Å². The highest BCUT2D eigenvalue weighted by molar-refractivity contribution is 6.30. The number of fused-ring (bicyclic) bond motifs is 1. The first-order valence-corrected chi connectivity index (χ1v) is 6.17. The van der Waals surface area contributed by atoms with Crippen molar-refractivity contribution in [3.63, 3.8) is 0 Å². The first-order valence-electron chi connectivity index (χ1n) is 5.79. The zero-order valence-corrected chi connectivity index (χ0v) is 10.4. The number of benzene rings is 2. The summed E-state index contributed by atoms with van der Waals surface area (Å²) in [6, 6.07) is 15.2. The molecule has 0 fully saturated rings. The molecule has 2 aromatic carbocycles. The van der Waals surface area contributed by atoms with Crippen molar-refractivity contribution < 1.29 is 9.53 Å². The van der Waals surface area contributed by atoms with Crippen LogP contribution in [0.15, 0.2) is 48.5 Å². The topological polar surface area (TPSA) is 26.3 Å². The molecule has 1 aliphatic heterocycles. The molecule has 18 heavy (non-hydrogen) atoms. The van der Waals surface area contributed by atoms with Gasteiger partial charge in [-0.1, -0.05) is 41.9 Å². The Morgan fingerprint density at radius 1 is 1.11 bits per heavy atom. The van der Waals surface area contributed by atoms with E-state index >= 15 is 0 Å². The lowest BCUT2D eigenvalue weighted by Crippen LogP contribution is -2.12. The van der Waals surface area contributed by atoms with Gasteiger partial charge in [0.1, 0.15) is 5.75 Å². The normalized spacial score (nSPS) is 17.4. The number of esters is 1.